The summed E-state index contributed by atoms with van der Waals surface area (Å²) in [5.41, 5.74) is 1.32. The summed E-state index contributed by atoms with van der Waals surface area (Å²) in [6.45, 7) is 6.18. The number of nitrogens with two attached hydrogens (primary N) is 1. The van der Waals surface area contributed by atoms with Crippen molar-refractivity contribution in [2.75, 3.05) is 5.75 Å². The molecule has 0 aliphatic heterocycles. The van der Waals surface area contributed by atoms with E-state index in [0.29, 0.717) is 17.2 Å². The molecule has 7 nitrogen and oxygen atoms in total. The van der Waals surface area contributed by atoms with Crippen molar-refractivity contribution in [2.24, 2.45) is 5.14 Å². The van der Waals surface area contributed by atoms with Crippen LogP contribution in [0.25, 0.3) is 11.0 Å². The van der Waals surface area contributed by atoms with Gasteiger partial charge in [-0.3, -0.25) is 4.79 Å². The molecule has 0 amide bonds. The fraction of sp³-hybridized carbons (Fsp3) is 0.429. The smallest absolute Gasteiger partial charge is 0.316 e. The van der Waals surface area contributed by atoms with Gasteiger partial charge in [0.25, 0.3) is 0 Å². The minimum atomic E-state index is -3.77. The van der Waals surface area contributed by atoms with Crippen LogP contribution in [-0.4, -0.2) is 35.8 Å². The first-order chi connectivity index (χ1) is 10.7. The van der Waals surface area contributed by atoms with E-state index < -0.39 is 10.0 Å². The molecule has 0 atom stereocenters. The maximum atomic E-state index is 11.7. The van der Waals surface area contributed by atoms with Gasteiger partial charge in [-0.2, -0.15) is 0 Å². The molecule has 0 aliphatic rings. The van der Waals surface area contributed by atoms with E-state index in [1.165, 1.54) is 23.9 Å². The number of hydrogen-bond donors (Lipinski definition) is 1. The van der Waals surface area contributed by atoms with Crippen molar-refractivity contribution >= 4 is 38.8 Å². The van der Waals surface area contributed by atoms with Gasteiger partial charge in [-0.1, -0.05) is 11.8 Å². The van der Waals surface area contributed by atoms with Crippen LogP contribution < -0.4 is 5.14 Å². The Hall–Kier alpha value is -1.58. The lowest BCUT2D eigenvalue weighted by atomic mass is 10.3. The molecule has 0 unspecified atom stereocenters. The molecular formula is C14H19N3O4S2. The van der Waals surface area contributed by atoms with Crippen molar-refractivity contribution in [3.8, 4) is 0 Å². The van der Waals surface area contributed by atoms with Crippen LogP contribution in [0.4, 0.5) is 0 Å². The number of ether oxygens (including phenoxy) is 1. The Balaban J connectivity index is 2.31. The number of aryl methyl sites for hydroxylation is 1. The monoisotopic (exact) mass is 357 g/mol. The molecular weight excluding hydrogens is 338 g/mol. The third-order valence-electron chi connectivity index (χ3n) is 3.02. The van der Waals surface area contributed by atoms with Crippen LogP contribution >= 0.6 is 11.8 Å². The summed E-state index contributed by atoms with van der Waals surface area (Å²) < 4.78 is 29.9. The molecule has 0 spiro atoms. The molecule has 2 N–H and O–H groups in total. The molecule has 9 heteroatoms. The van der Waals surface area contributed by atoms with E-state index in [9.17, 15) is 13.2 Å². The highest BCUT2D eigenvalue weighted by atomic mass is 32.2. The molecule has 2 rings (SSSR count). The van der Waals surface area contributed by atoms with E-state index in [0.717, 1.165) is 5.52 Å². The average molecular weight is 357 g/mol. The number of carbonyl (C=O) groups is 1. The van der Waals surface area contributed by atoms with Crippen LogP contribution in [0.5, 0.6) is 0 Å². The van der Waals surface area contributed by atoms with E-state index in [1.54, 1.807) is 19.9 Å². The van der Waals surface area contributed by atoms with Gasteiger partial charge in [-0.05, 0) is 39.0 Å². The largest absolute Gasteiger partial charge is 0.462 e. The van der Waals surface area contributed by atoms with Crippen LogP contribution in [0.3, 0.4) is 0 Å². The Morgan fingerprint density at radius 2 is 2.13 bits per heavy atom. The fourth-order valence-corrected chi connectivity index (χ4v) is 3.50. The number of aromatic nitrogens is 2. The molecule has 0 radical (unpaired) electrons. The second-order valence-electron chi connectivity index (χ2n) is 5.16. The summed E-state index contributed by atoms with van der Waals surface area (Å²) in [7, 11) is -3.77. The van der Waals surface area contributed by atoms with E-state index >= 15 is 0 Å². The number of nitrogens with zero attached hydrogens (tertiary/aromatic N) is 2. The predicted octanol–water partition coefficient (Wildman–Crippen LogP) is 1.75. The first-order valence-corrected chi connectivity index (χ1v) is 9.61. The lowest BCUT2D eigenvalue weighted by molar-refractivity contribution is -0.144. The van der Waals surface area contributed by atoms with Crippen LogP contribution in [0.2, 0.25) is 0 Å². The number of rotatable bonds is 6. The Labute approximate surface area is 139 Å². The standard InChI is InChI=1S/C14H19N3O4S2/c1-4-17-12-6-5-10(23(15,19)20)7-11(12)16-14(17)22-8-13(18)21-9(2)3/h5-7,9H,4,8H2,1-3H3,(H2,15,19,20). The zero-order valence-corrected chi connectivity index (χ0v) is 14.8. The number of carbonyl (C=O) groups excluding carboxylic acids is 1. The molecule has 0 saturated heterocycles. The fourth-order valence-electron chi connectivity index (χ4n) is 2.10. The molecule has 0 aliphatic carbocycles. The number of benzene rings is 1. The highest BCUT2D eigenvalue weighted by Gasteiger charge is 2.16. The maximum absolute atomic E-state index is 11.7. The Morgan fingerprint density at radius 1 is 1.43 bits per heavy atom. The normalized spacial score (nSPS) is 12.0. The van der Waals surface area contributed by atoms with Gasteiger partial charge in [0.05, 0.1) is 27.8 Å². The van der Waals surface area contributed by atoms with Crippen molar-refractivity contribution in [3.63, 3.8) is 0 Å². The van der Waals surface area contributed by atoms with Gasteiger partial charge >= 0.3 is 5.97 Å². The summed E-state index contributed by atoms with van der Waals surface area (Å²) in [5, 5.41) is 5.78. The first kappa shape index (κ1) is 17.8. The molecule has 0 fully saturated rings. The van der Waals surface area contributed by atoms with E-state index in [-0.39, 0.29) is 22.7 Å². The summed E-state index contributed by atoms with van der Waals surface area (Å²) in [4.78, 5) is 16.1. The van der Waals surface area contributed by atoms with Gasteiger partial charge in [0.2, 0.25) is 10.0 Å². The van der Waals surface area contributed by atoms with Gasteiger partial charge < -0.3 is 9.30 Å². The van der Waals surface area contributed by atoms with Gasteiger partial charge in [0.1, 0.15) is 0 Å². The SMILES string of the molecule is CCn1c(SCC(=O)OC(C)C)nc2cc(S(N)(=O)=O)ccc21. The van der Waals surface area contributed by atoms with Crippen molar-refractivity contribution in [3.05, 3.63) is 18.2 Å². The topological polar surface area (TPSA) is 104 Å². The third kappa shape index (κ3) is 4.24. The summed E-state index contributed by atoms with van der Waals surface area (Å²) in [6.07, 6.45) is -0.162. The molecule has 1 heterocycles. The minimum Gasteiger partial charge on any atom is -0.462 e. The van der Waals surface area contributed by atoms with E-state index in [1.807, 2.05) is 11.5 Å². The number of esters is 1. The lowest BCUT2D eigenvalue weighted by Gasteiger charge is -2.08. The van der Waals surface area contributed by atoms with Gasteiger partial charge in [0.15, 0.2) is 5.16 Å². The zero-order valence-electron chi connectivity index (χ0n) is 13.1. The van der Waals surface area contributed by atoms with Crippen LogP contribution in [0.15, 0.2) is 28.3 Å². The summed E-state index contributed by atoms with van der Waals surface area (Å²) in [6, 6.07) is 4.56. The number of primary sulfonamides is 1. The number of hydrogen-bond acceptors (Lipinski definition) is 6. The quantitative estimate of drug-likeness (QED) is 0.624. The zero-order chi connectivity index (χ0) is 17.2. The van der Waals surface area contributed by atoms with Crippen molar-refractivity contribution in [1.82, 2.24) is 9.55 Å². The second kappa shape index (κ2) is 6.90. The Morgan fingerprint density at radius 3 is 2.70 bits per heavy atom. The third-order valence-corrected chi connectivity index (χ3v) is 4.88. The molecule has 0 saturated carbocycles. The average Bonchev–Trinajstić information content (AvgIpc) is 2.79. The van der Waals surface area contributed by atoms with Gasteiger partial charge in [0, 0.05) is 6.54 Å². The highest BCUT2D eigenvalue weighted by Crippen LogP contribution is 2.26. The number of imidazole rings is 1. The maximum Gasteiger partial charge on any atom is 0.316 e. The Kier molecular flexibility index (Phi) is 5.33. The van der Waals surface area contributed by atoms with E-state index in [4.69, 9.17) is 9.88 Å². The highest BCUT2D eigenvalue weighted by molar-refractivity contribution is 7.99. The number of sulfonamides is 1. The van der Waals surface area contributed by atoms with Crippen LogP contribution in [-0.2, 0) is 26.1 Å². The van der Waals surface area contributed by atoms with Gasteiger partial charge in [-0.15, -0.1) is 0 Å². The van der Waals surface area contributed by atoms with Crippen molar-refractivity contribution < 1.29 is 17.9 Å². The molecule has 126 valence electrons. The number of thioether (sulfide) groups is 1. The number of fused-ring (bicyclic) bond motifs is 1. The molecule has 23 heavy (non-hydrogen) atoms. The van der Waals surface area contributed by atoms with Crippen LogP contribution in [0.1, 0.15) is 20.8 Å². The molecule has 1 aromatic heterocycles. The second-order valence-corrected chi connectivity index (χ2v) is 7.67. The predicted molar refractivity (Wildman–Crippen MR) is 88.7 cm³/mol. The Bertz CT molecular complexity index is 828. The minimum absolute atomic E-state index is 0.0153. The van der Waals surface area contributed by atoms with Gasteiger partial charge in [-0.25, -0.2) is 18.5 Å². The van der Waals surface area contributed by atoms with E-state index in [2.05, 4.69) is 4.98 Å². The molecule has 0 bridgehead atoms. The summed E-state index contributed by atoms with van der Waals surface area (Å²) >= 11 is 1.26. The first-order valence-electron chi connectivity index (χ1n) is 7.07. The van der Waals surface area contributed by atoms with Crippen molar-refractivity contribution in [1.29, 1.82) is 0 Å². The summed E-state index contributed by atoms with van der Waals surface area (Å²) in [5.74, 6) is -0.172. The molecule has 2 aromatic rings. The molecule has 1 aromatic carbocycles. The van der Waals surface area contributed by atoms with Crippen LogP contribution in [0, 0.1) is 0 Å². The lowest BCUT2D eigenvalue weighted by Crippen LogP contribution is -2.13. The van der Waals surface area contributed by atoms with Crippen molar-refractivity contribution in [2.45, 2.75) is 43.5 Å².